The summed E-state index contributed by atoms with van der Waals surface area (Å²) in [5.41, 5.74) is 5.12. The first-order valence-electron chi connectivity index (χ1n) is 7.82. The predicted octanol–water partition coefficient (Wildman–Crippen LogP) is 3.87. The molecule has 0 bridgehead atoms. The molecule has 0 aliphatic heterocycles. The zero-order chi connectivity index (χ0) is 19.1. The zero-order valence-electron chi connectivity index (χ0n) is 14.3. The number of hydrogen-bond acceptors (Lipinski definition) is 4. The molecule has 0 aliphatic carbocycles. The quantitative estimate of drug-likeness (QED) is 0.726. The minimum atomic E-state index is -0.560. The molecular formula is C18H18Cl2N2O4. The lowest BCUT2D eigenvalue weighted by molar-refractivity contribution is 0.0846. The Labute approximate surface area is 161 Å². The summed E-state index contributed by atoms with van der Waals surface area (Å²) in [7, 11) is 1.49. The normalized spacial score (nSPS) is 10.2. The van der Waals surface area contributed by atoms with Gasteiger partial charge in [0.1, 0.15) is 0 Å². The number of hydrogen-bond donors (Lipinski definition) is 2. The van der Waals surface area contributed by atoms with Gasteiger partial charge in [-0.15, -0.1) is 0 Å². The molecule has 0 spiro atoms. The molecular weight excluding hydrogens is 379 g/mol. The van der Waals surface area contributed by atoms with Crippen LogP contribution in [-0.2, 0) is 0 Å². The van der Waals surface area contributed by atoms with Crippen molar-refractivity contribution >= 4 is 35.0 Å². The largest absolute Gasteiger partial charge is 0.493 e. The number of benzene rings is 2. The maximum Gasteiger partial charge on any atom is 0.271 e. The van der Waals surface area contributed by atoms with Crippen LogP contribution in [0.15, 0.2) is 36.4 Å². The maximum atomic E-state index is 12.2. The van der Waals surface area contributed by atoms with Crippen molar-refractivity contribution < 1.29 is 19.1 Å². The van der Waals surface area contributed by atoms with Gasteiger partial charge < -0.3 is 9.47 Å². The van der Waals surface area contributed by atoms with E-state index in [9.17, 15) is 9.59 Å². The summed E-state index contributed by atoms with van der Waals surface area (Å²) in [6, 6.07) is 9.19. The van der Waals surface area contributed by atoms with E-state index in [-0.39, 0.29) is 10.6 Å². The number of hydrazine groups is 1. The first-order valence-corrected chi connectivity index (χ1v) is 8.58. The highest BCUT2D eigenvalue weighted by molar-refractivity contribution is 6.36. The van der Waals surface area contributed by atoms with Crippen molar-refractivity contribution in [1.82, 2.24) is 10.9 Å². The van der Waals surface area contributed by atoms with E-state index in [4.69, 9.17) is 32.7 Å². The number of halogens is 2. The highest BCUT2D eigenvalue weighted by atomic mass is 35.5. The van der Waals surface area contributed by atoms with Gasteiger partial charge in [0, 0.05) is 10.6 Å². The van der Waals surface area contributed by atoms with E-state index in [2.05, 4.69) is 10.9 Å². The summed E-state index contributed by atoms with van der Waals surface area (Å²) in [4.78, 5) is 24.3. The van der Waals surface area contributed by atoms with E-state index in [0.717, 1.165) is 6.42 Å². The molecule has 6 nitrogen and oxygen atoms in total. The van der Waals surface area contributed by atoms with Gasteiger partial charge in [-0.05, 0) is 42.8 Å². The Balaban J connectivity index is 2.04. The molecule has 8 heteroatoms. The molecule has 0 aromatic heterocycles. The van der Waals surface area contributed by atoms with Crippen molar-refractivity contribution in [2.75, 3.05) is 13.7 Å². The zero-order valence-corrected chi connectivity index (χ0v) is 15.8. The van der Waals surface area contributed by atoms with Crippen molar-refractivity contribution in [3.05, 3.63) is 57.6 Å². The molecule has 0 heterocycles. The Morgan fingerprint density at radius 1 is 1.00 bits per heavy atom. The molecule has 0 radical (unpaired) electrons. The number of carbonyl (C=O) groups excluding carboxylic acids is 2. The van der Waals surface area contributed by atoms with E-state index in [1.54, 1.807) is 12.1 Å². The molecule has 26 heavy (non-hydrogen) atoms. The molecule has 2 aromatic carbocycles. The highest BCUT2D eigenvalue weighted by Crippen LogP contribution is 2.28. The van der Waals surface area contributed by atoms with E-state index >= 15 is 0 Å². The highest BCUT2D eigenvalue weighted by Gasteiger charge is 2.14. The van der Waals surface area contributed by atoms with Crippen molar-refractivity contribution in [3.8, 4) is 11.5 Å². The van der Waals surface area contributed by atoms with Crippen LogP contribution in [0.5, 0.6) is 11.5 Å². The summed E-state index contributed by atoms with van der Waals surface area (Å²) >= 11 is 11.8. The van der Waals surface area contributed by atoms with Gasteiger partial charge in [0.05, 0.1) is 24.3 Å². The summed E-state index contributed by atoms with van der Waals surface area (Å²) < 4.78 is 10.8. The minimum absolute atomic E-state index is 0.184. The maximum absolute atomic E-state index is 12.2. The number of amides is 2. The van der Waals surface area contributed by atoms with E-state index in [1.165, 1.54) is 31.4 Å². The van der Waals surface area contributed by atoms with E-state index in [0.29, 0.717) is 28.7 Å². The van der Waals surface area contributed by atoms with Crippen molar-refractivity contribution in [1.29, 1.82) is 0 Å². The molecule has 0 atom stereocenters. The molecule has 0 saturated carbocycles. The van der Waals surface area contributed by atoms with E-state index < -0.39 is 11.8 Å². The third-order valence-corrected chi connectivity index (χ3v) is 3.90. The van der Waals surface area contributed by atoms with Crippen LogP contribution in [0.3, 0.4) is 0 Å². The summed E-state index contributed by atoms with van der Waals surface area (Å²) in [6.07, 6.45) is 0.852. The number of nitrogens with one attached hydrogen (secondary N) is 2. The van der Waals surface area contributed by atoms with Crippen molar-refractivity contribution in [2.24, 2.45) is 0 Å². The Bertz CT molecular complexity index is 812. The van der Waals surface area contributed by atoms with Crippen LogP contribution < -0.4 is 20.3 Å². The standard InChI is InChI=1S/C18H18Cl2N2O4/c1-3-8-26-15-7-4-11(9-16(15)25-2)17(23)21-22-18(24)13-6-5-12(19)10-14(13)20/h4-7,9-10H,3,8H2,1-2H3,(H,21,23)(H,22,24). The van der Waals surface area contributed by atoms with Gasteiger partial charge >= 0.3 is 0 Å². The Hall–Kier alpha value is -2.44. The van der Waals surface area contributed by atoms with Crippen LogP contribution >= 0.6 is 23.2 Å². The van der Waals surface area contributed by atoms with Crippen LogP contribution in [0, 0.1) is 0 Å². The lowest BCUT2D eigenvalue weighted by Gasteiger charge is -2.12. The Morgan fingerprint density at radius 3 is 2.38 bits per heavy atom. The molecule has 0 unspecified atom stereocenters. The van der Waals surface area contributed by atoms with E-state index in [1.807, 2.05) is 6.92 Å². The van der Waals surface area contributed by atoms with Gasteiger partial charge in [-0.25, -0.2) is 0 Å². The third-order valence-electron chi connectivity index (χ3n) is 3.35. The summed E-state index contributed by atoms with van der Waals surface area (Å²) in [6.45, 7) is 2.53. The second-order valence-corrected chi connectivity index (χ2v) is 6.09. The van der Waals surface area contributed by atoms with Crippen LogP contribution in [0.25, 0.3) is 0 Å². The van der Waals surface area contributed by atoms with Crippen LogP contribution in [-0.4, -0.2) is 25.5 Å². The molecule has 138 valence electrons. The lowest BCUT2D eigenvalue weighted by Crippen LogP contribution is -2.41. The Kier molecular flexibility index (Phi) is 7.12. The fraction of sp³-hybridized carbons (Fsp3) is 0.222. The number of carbonyl (C=O) groups is 2. The Morgan fingerprint density at radius 2 is 1.73 bits per heavy atom. The lowest BCUT2D eigenvalue weighted by atomic mass is 10.2. The summed E-state index contributed by atoms with van der Waals surface area (Å²) in [5.74, 6) is -0.0975. The van der Waals surface area contributed by atoms with Gasteiger partial charge in [-0.3, -0.25) is 20.4 Å². The first kappa shape index (κ1) is 19.9. The average molecular weight is 397 g/mol. The molecule has 0 fully saturated rings. The van der Waals surface area contributed by atoms with Crippen LogP contribution in [0.1, 0.15) is 34.1 Å². The molecule has 2 aromatic rings. The third kappa shape index (κ3) is 5.03. The molecule has 2 N–H and O–H groups in total. The fourth-order valence-electron chi connectivity index (χ4n) is 2.07. The van der Waals surface area contributed by atoms with Gasteiger partial charge in [0.15, 0.2) is 11.5 Å². The average Bonchev–Trinajstić information content (AvgIpc) is 2.63. The monoisotopic (exact) mass is 396 g/mol. The summed E-state index contributed by atoms with van der Waals surface area (Å²) in [5, 5.41) is 0.594. The number of rotatable bonds is 6. The van der Waals surface area contributed by atoms with Gasteiger partial charge in [-0.1, -0.05) is 30.1 Å². The second kappa shape index (κ2) is 9.31. The second-order valence-electron chi connectivity index (χ2n) is 5.25. The molecule has 2 amide bonds. The van der Waals surface area contributed by atoms with Gasteiger partial charge in [0.25, 0.3) is 11.8 Å². The van der Waals surface area contributed by atoms with Gasteiger partial charge in [0.2, 0.25) is 0 Å². The minimum Gasteiger partial charge on any atom is -0.493 e. The fourth-order valence-corrected chi connectivity index (χ4v) is 2.56. The van der Waals surface area contributed by atoms with Crippen LogP contribution in [0.4, 0.5) is 0 Å². The SMILES string of the molecule is CCCOc1ccc(C(=O)NNC(=O)c2ccc(Cl)cc2Cl)cc1OC. The van der Waals surface area contributed by atoms with Crippen LogP contribution in [0.2, 0.25) is 10.0 Å². The molecule has 0 saturated heterocycles. The molecule has 2 rings (SSSR count). The smallest absolute Gasteiger partial charge is 0.271 e. The first-order chi connectivity index (χ1) is 12.5. The topological polar surface area (TPSA) is 76.7 Å². The number of ether oxygens (including phenoxy) is 2. The van der Waals surface area contributed by atoms with Crippen molar-refractivity contribution in [2.45, 2.75) is 13.3 Å². The van der Waals surface area contributed by atoms with Crippen molar-refractivity contribution in [3.63, 3.8) is 0 Å². The van der Waals surface area contributed by atoms with Gasteiger partial charge in [-0.2, -0.15) is 0 Å². The number of methoxy groups -OCH3 is 1. The molecule has 0 aliphatic rings. The predicted molar refractivity (Wildman–Crippen MR) is 100 cm³/mol.